The third-order valence-corrected chi connectivity index (χ3v) is 3.86. The van der Waals surface area contributed by atoms with Gasteiger partial charge in [0.2, 0.25) is 0 Å². The molecule has 0 bridgehead atoms. The van der Waals surface area contributed by atoms with E-state index in [2.05, 4.69) is 35.1 Å². The predicted molar refractivity (Wildman–Crippen MR) is 92.7 cm³/mol. The van der Waals surface area contributed by atoms with E-state index in [9.17, 15) is 0 Å². The largest absolute Gasteiger partial charge is 0.455 e. The highest BCUT2D eigenvalue weighted by Crippen LogP contribution is 2.34. The Hall–Kier alpha value is -0.740. The Morgan fingerprint density at radius 1 is 1.10 bits per heavy atom. The van der Waals surface area contributed by atoms with Gasteiger partial charge in [-0.3, -0.25) is 0 Å². The van der Waals surface area contributed by atoms with Crippen molar-refractivity contribution in [3.05, 3.63) is 56.5 Å². The lowest BCUT2D eigenvalue weighted by atomic mass is 10.2. The maximum Gasteiger partial charge on any atom is 0.146 e. The van der Waals surface area contributed by atoms with Crippen molar-refractivity contribution in [1.82, 2.24) is 5.32 Å². The summed E-state index contributed by atoms with van der Waals surface area (Å²) in [6.45, 7) is 4.93. The van der Waals surface area contributed by atoms with Crippen molar-refractivity contribution in [2.75, 3.05) is 0 Å². The number of rotatable bonds is 5. The Labute approximate surface area is 143 Å². The van der Waals surface area contributed by atoms with E-state index in [0.717, 1.165) is 22.3 Å². The maximum atomic E-state index is 6.16. The molecule has 5 heteroatoms. The Morgan fingerprint density at radius 3 is 2.48 bits per heavy atom. The quantitative estimate of drug-likeness (QED) is 0.673. The summed E-state index contributed by atoms with van der Waals surface area (Å²) in [6.07, 6.45) is 0. The monoisotopic (exact) mass is 387 g/mol. The SMILES string of the molecule is CC(C)NCc1cc(Br)ccc1Oc1ccc(Cl)cc1Cl. The molecule has 0 fully saturated rings. The van der Waals surface area contributed by atoms with Crippen molar-refractivity contribution in [3.63, 3.8) is 0 Å². The van der Waals surface area contributed by atoms with E-state index >= 15 is 0 Å². The molecule has 112 valence electrons. The molecule has 0 unspecified atom stereocenters. The fraction of sp³-hybridized carbons (Fsp3) is 0.250. The molecule has 2 rings (SSSR count). The predicted octanol–water partition coefficient (Wildman–Crippen LogP) is 6.05. The van der Waals surface area contributed by atoms with E-state index in [1.54, 1.807) is 18.2 Å². The zero-order chi connectivity index (χ0) is 15.4. The number of halogens is 3. The van der Waals surface area contributed by atoms with Crippen LogP contribution >= 0.6 is 39.1 Å². The van der Waals surface area contributed by atoms with Crippen molar-refractivity contribution in [1.29, 1.82) is 0 Å². The van der Waals surface area contributed by atoms with Gasteiger partial charge in [0, 0.05) is 27.6 Å². The number of hydrogen-bond acceptors (Lipinski definition) is 2. The molecule has 0 aliphatic rings. The first-order chi connectivity index (χ1) is 9.95. The summed E-state index contributed by atoms with van der Waals surface area (Å²) in [6, 6.07) is 11.5. The van der Waals surface area contributed by atoms with Gasteiger partial charge in [0.15, 0.2) is 0 Å². The lowest BCUT2D eigenvalue weighted by Crippen LogP contribution is -2.22. The van der Waals surface area contributed by atoms with Crippen LogP contribution in [0.15, 0.2) is 40.9 Å². The van der Waals surface area contributed by atoms with Crippen LogP contribution in [0.4, 0.5) is 0 Å². The second-order valence-electron chi connectivity index (χ2n) is 4.96. The van der Waals surface area contributed by atoms with Crippen molar-refractivity contribution >= 4 is 39.1 Å². The van der Waals surface area contributed by atoms with E-state index in [1.165, 1.54) is 0 Å². The van der Waals surface area contributed by atoms with E-state index in [1.807, 2.05) is 18.2 Å². The molecular formula is C16H16BrCl2NO. The van der Waals surface area contributed by atoms with Crippen LogP contribution in [0.5, 0.6) is 11.5 Å². The van der Waals surface area contributed by atoms with Gasteiger partial charge in [-0.25, -0.2) is 0 Å². The fourth-order valence-corrected chi connectivity index (χ4v) is 2.63. The molecule has 0 aromatic heterocycles. The lowest BCUT2D eigenvalue weighted by molar-refractivity contribution is 0.469. The third-order valence-electron chi connectivity index (χ3n) is 2.84. The molecule has 0 aliphatic carbocycles. The smallest absolute Gasteiger partial charge is 0.146 e. The Kier molecular flexibility index (Phi) is 5.94. The van der Waals surface area contributed by atoms with E-state index in [0.29, 0.717) is 21.8 Å². The molecule has 0 heterocycles. The van der Waals surface area contributed by atoms with Gasteiger partial charge in [-0.2, -0.15) is 0 Å². The standard InChI is InChI=1S/C16H16BrCl2NO/c1-10(2)20-9-11-7-12(17)3-5-15(11)21-16-6-4-13(18)8-14(16)19/h3-8,10,20H,9H2,1-2H3. The first kappa shape index (κ1) is 16.6. The normalized spacial score (nSPS) is 11.0. The fourth-order valence-electron chi connectivity index (χ4n) is 1.78. The third kappa shape index (κ3) is 4.89. The van der Waals surface area contributed by atoms with Crippen LogP contribution in [0.2, 0.25) is 10.0 Å². The first-order valence-corrected chi connectivity index (χ1v) is 8.15. The van der Waals surface area contributed by atoms with E-state index < -0.39 is 0 Å². The Morgan fingerprint density at radius 2 is 1.81 bits per heavy atom. The highest BCUT2D eigenvalue weighted by Gasteiger charge is 2.09. The Balaban J connectivity index is 2.26. The number of benzene rings is 2. The molecular weight excluding hydrogens is 373 g/mol. The average Bonchev–Trinajstić information content (AvgIpc) is 2.41. The highest BCUT2D eigenvalue weighted by molar-refractivity contribution is 9.10. The number of nitrogens with one attached hydrogen (secondary N) is 1. The van der Waals surface area contributed by atoms with Crippen molar-refractivity contribution < 1.29 is 4.74 Å². The summed E-state index contributed by atoms with van der Waals surface area (Å²) < 4.78 is 6.94. The Bertz CT molecular complexity index is 632. The molecule has 0 saturated heterocycles. The van der Waals surface area contributed by atoms with Crippen molar-refractivity contribution in [3.8, 4) is 11.5 Å². The minimum absolute atomic E-state index is 0.399. The summed E-state index contributed by atoms with van der Waals surface area (Å²) in [5, 5.41) is 4.47. The van der Waals surface area contributed by atoms with Crippen LogP contribution in [-0.4, -0.2) is 6.04 Å². The average molecular weight is 389 g/mol. The number of ether oxygens (including phenoxy) is 1. The van der Waals surface area contributed by atoms with Crippen molar-refractivity contribution in [2.45, 2.75) is 26.4 Å². The molecule has 2 nitrogen and oxygen atoms in total. The minimum Gasteiger partial charge on any atom is -0.455 e. The molecule has 21 heavy (non-hydrogen) atoms. The van der Waals surface area contributed by atoms with Gasteiger partial charge in [-0.05, 0) is 36.4 Å². The molecule has 0 spiro atoms. The molecule has 2 aromatic carbocycles. The van der Waals surface area contributed by atoms with Crippen LogP contribution in [-0.2, 0) is 6.54 Å². The van der Waals surface area contributed by atoms with Gasteiger partial charge < -0.3 is 10.1 Å². The molecule has 0 aliphatic heterocycles. The van der Waals surface area contributed by atoms with Crippen LogP contribution in [0.25, 0.3) is 0 Å². The van der Waals surface area contributed by atoms with Gasteiger partial charge in [-0.15, -0.1) is 0 Å². The highest BCUT2D eigenvalue weighted by atomic mass is 79.9. The van der Waals surface area contributed by atoms with Crippen LogP contribution in [0.1, 0.15) is 19.4 Å². The second kappa shape index (κ2) is 7.50. The van der Waals surface area contributed by atoms with Gasteiger partial charge in [0.1, 0.15) is 11.5 Å². The zero-order valence-corrected chi connectivity index (χ0v) is 14.9. The molecule has 0 atom stereocenters. The van der Waals surface area contributed by atoms with E-state index in [4.69, 9.17) is 27.9 Å². The summed E-state index contributed by atoms with van der Waals surface area (Å²) in [4.78, 5) is 0. The summed E-state index contributed by atoms with van der Waals surface area (Å²) in [5.74, 6) is 1.37. The topological polar surface area (TPSA) is 21.3 Å². The van der Waals surface area contributed by atoms with Gasteiger partial charge in [0.05, 0.1) is 5.02 Å². The summed E-state index contributed by atoms with van der Waals surface area (Å²) in [5.41, 5.74) is 1.06. The first-order valence-electron chi connectivity index (χ1n) is 6.60. The maximum absolute atomic E-state index is 6.16. The number of hydrogen-bond donors (Lipinski definition) is 1. The second-order valence-corrected chi connectivity index (χ2v) is 6.72. The van der Waals surface area contributed by atoms with Crippen LogP contribution < -0.4 is 10.1 Å². The van der Waals surface area contributed by atoms with Crippen molar-refractivity contribution in [2.24, 2.45) is 0 Å². The molecule has 2 aromatic rings. The molecule has 0 amide bonds. The van der Waals surface area contributed by atoms with Gasteiger partial charge in [0.25, 0.3) is 0 Å². The molecule has 0 radical (unpaired) electrons. The van der Waals surface area contributed by atoms with Crippen LogP contribution in [0, 0.1) is 0 Å². The van der Waals surface area contributed by atoms with Gasteiger partial charge >= 0.3 is 0 Å². The molecule has 0 saturated carbocycles. The minimum atomic E-state index is 0.399. The van der Waals surface area contributed by atoms with Gasteiger partial charge in [-0.1, -0.05) is 53.0 Å². The van der Waals surface area contributed by atoms with Crippen LogP contribution in [0.3, 0.4) is 0 Å². The van der Waals surface area contributed by atoms with E-state index in [-0.39, 0.29) is 0 Å². The lowest BCUT2D eigenvalue weighted by Gasteiger charge is -2.15. The zero-order valence-electron chi connectivity index (χ0n) is 11.8. The molecule has 1 N–H and O–H groups in total. The summed E-state index contributed by atoms with van der Waals surface area (Å²) >= 11 is 15.5. The summed E-state index contributed by atoms with van der Waals surface area (Å²) in [7, 11) is 0.